The standard InChI is InChI=1S/C18H25N3O4.C8H8O2.C2H6/c1-18(2,3)25-16(22)20-10-8-19(9-11-20)14-4-6-15(7-5-14)21-12-13-24-17(21)23;1-10-8(9)7-5-3-2-4-6-7;1-2/h4-7H,8-13H2,1-3H3;2-6H,1H3;1-2H3. The summed E-state index contributed by atoms with van der Waals surface area (Å²) in [5.74, 6) is -0.291. The summed E-state index contributed by atoms with van der Waals surface area (Å²) in [7, 11) is 1.37. The average Bonchev–Trinajstić information content (AvgIpc) is 3.35. The minimum atomic E-state index is -0.471. The Hall–Kier alpha value is -3.75. The van der Waals surface area contributed by atoms with Crippen molar-refractivity contribution in [2.24, 2.45) is 0 Å². The fraction of sp³-hybridized carbons (Fsp3) is 0.464. The SMILES string of the molecule is CC.CC(C)(C)OC(=O)N1CCN(c2ccc(N3CCOC3=O)cc2)CC1.COC(=O)c1ccccc1. The fourth-order valence-corrected chi connectivity index (χ4v) is 3.64. The maximum Gasteiger partial charge on any atom is 0.414 e. The first-order valence-corrected chi connectivity index (χ1v) is 12.6. The number of methoxy groups -OCH3 is 1. The van der Waals surface area contributed by atoms with Gasteiger partial charge in [0.15, 0.2) is 0 Å². The second-order valence-corrected chi connectivity index (χ2v) is 9.09. The zero-order valence-electron chi connectivity index (χ0n) is 22.7. The van der Waals surface area contributed by atoms with Gasteiger partial charge in [-0.1, -0.05) is 32.0 Å². The van der Waals surface area contributed by atoms with E-state index < -0.39 is 5.60 Å². The van der Waals surface area contributed by atoms with E-state index in [1.165, 1.54) is 7.11 Å². The molecule has 0 spiro atoms. The number of rotatable bonds is 3. The molecule has 0 bridgehead atoms. The molecule has 4 rings (SSSR count). The highest BCUT2D eigenvalue weighted by molar-refractivity contribution is 5.89. The van der Waals surface area contributed by atoms with Crippen molar-refractivity contribution in [3.8, 4) is 0 Å². The van der Waals surface area contributed by atoms with Crippen LogP contribution in [0.3, 0.4) is 0 Å². The van der Waals surface area contributed by atoms with Gasteiger partial charge in [-0.25, -0.2) is 14.4 Å². The number of nitrogens with zero attached hydrogens (tertiary/aromatic N) is 3. The number of benzene rings is 2. The van der Waals surface area contributed by atoms with Crippen molar-refractivity contribution in [2.75, 3.05) is 56.2 Å². The number of cyclic esters (lactones) is 1. The molecule has 0 N–H and O–H groups in total. The number of hydrogen-bond donors (Lipinski definition) is 0. The molecule has 0 atom stereocenters. The molecule has 2 fully saturated rings. The minimum Gasteiger partial charge on any atom is -0.465 e. The summed E-state index contributed by atoms with van der Waals surface area (Å²) >= 11 is 0. The zero-order chi connectivity index (χ0) is 27.4. The van der Waals surface area contributed by atoms with Crippen LogP contribution in [0.15, 0.2) is 54.6 Å². The molecule has 202 valence electrons. The molecule has 2 aromatic rings. The molecule has 2 saturated heterocycles. The largest absolute Gasteiger partial charge is 0.465 e. The van der Waals surface area contributed by atoms with Crippen molar-refractivity contribution >= 4 is 29.5 Å². The van der Waals surface area contributed by atoms with Gasteiger partial charge in [0.2, 0.25) is 0 Å². The molecular weight excluding hydrogens is 474 g/mol. The lowest BCUT2D eigenvalue weighted by Crippen LogP contribution is -2.50. The summed E-state index contributed by atoms with van der Waals surface area (Å²) in [6.45, 7) is 13.4. The van der Waals surface area contributed by atoms with Gasteiger partial charge in [0.1, 0.15) is 12.2 Å². The molecule has 9 heteroatoms. The van der Waals surface area contributed by atoms with Gasteiger partial charge in [0.25, 0.3) is 0 Å². The van der Waals surface area contributed by atoms with Gasteiger partial charge in [0.05, 0.1) is 19.2 Å². The van der Waals surface area contributed by atoms with E-state index in [0.717, 1.165) is 24.5 Å². The maximum atomic E-state index is 12.1. The van der Waals surface area contributed by atoms with Gasteiger partial charge in [-0.15, -0.1) is 0 Å². The van der Waals surface area contributed by atoms with Gasteiger partial charge in [-0.3, -0.25) is 4.90 Å². The van der Waals surface area contributed by atoms with Crippen LogP contribution in [0.4, 0.5) is 21.0 Å². The van der Waals surface area contributed by atoms with E-state index in [4.69, 9.17) is 9.47 Å². The molecule has 37 heavy (non-hydrogen) atoms. The van der Waals surface area contributed by atoms with E-state index in [9.17, 15) is 14.4 Å². The molecule has 0 radical (unpaired) electrons. The number of piperazine rings is 1. The first-order chi connectivity index (χ1) is 17.7. The summed E-state index contributed by atoms with van der Waals surface area (Å²) in [5.41, 5.74) is 2.05. The number of esters is 1. The van der Waals surface area contributed by atoms with Crippen LogP contribution >= 0.6 is 0 Å². The molecule has 0 aromatic heterocycles. The van der Waals surface area contributed by atoms with Crippen molar-refractivity contribution in [3.63, 3.8) is 0 Å². The lowest BCUT2D eigenvalue weighted by Gasteiger charge is -2.36. The second kappa shape index (κ2) is 14.1. The van der Waals surface area contributed by atoms with Crippen molar-refractivity contribution in [1.82, 2.24) is 4.90 Å². The lowest BCUT2D eigenvalue weighted by molar-refractivity contribution is 0.0240. The van der Waals surface area contributed by atoms with Crippen LogP contribution in [0.5, 0.6) is 0 Å². The molecule has 9 nitrogen and oxygen atoms in total. The van der Waals surface area contributed by atoms with Crippen LogP contribution < -0.4 is 9.80 Å². The predicted molar refractivity (Wildman–Crippen MR) is 144 cm³/mol. The van der Waals surface area contributed by atoms with Crippen LogP contribution in [-0.4, -0.2) is 75.1 Å². The summed E-state index contributed by atoms with van der Waals surface area (Å²) in [4.78, 5) is 40.1. The normalized spacial score (nSPS) is 15.0. The third-order valence-electron chi connectivity index (χ3n) is 5.41. The Morgan fingerprint density at radius 1 is 0.838 bits per heavy atom. The summed E-state index contributed by atoms with van der Waals surface area (Å²) < 4.78 is 14.9. The van der Waals surface area contributed by atoms with Gasteiger partial charge >= 0.3 is 18.2 Å². The number of hydrogen-bond acceptors (Lipinski definition) is 7. The second-order valence-electron chi connectivity index (χ2n) is 9.09. The van der Waals surface area contributed by atoms with E-state index in [1.54, 1.807) is 34.1 Å². The summed E-state index contributed by atoms with van der Waals surface area (Å²) in [6.07, 6.45) is -0.547. The molecule has 2 amide bonds. The van der Waals surface area contributed by atoms with E-state index in [1.807, 2.05) is 65.0 Å². The summed E-state index contributed by atoms with van der Waals surface area (Å²) in [6, 6.07) is 16.8. The Labute approximate surface area is 219 Å². The first kappa shape index (κ1) is 29.5. The third kappa shape index (κ3) is 9.00. The molecule has 2 heterocycles. The highest BCUT2D eigenvalue weighted by atomic mass is 16.6. The Morgan fingerprint density at radius 3 is 1.89 bits per heavy atom. The van der Waals surface area contributed by atoms with E-state index in [-0.39, 0.29) is 18.2 Å². The van der Waals surface area contributed by atoms with E-state index >= 15 is 0 Å². The number of ether oxygens (including phenoxy) is 3. The predicted octanol–water partition coefficient (Wildman–Crippen LogP) is 5.20. The van der Waals surface area contributed by atoms with Gasteiger partial charge in [-0.2, -0.15) is 0 Å². The Balaban J connectivity index is 0.000000336. The summed E-state index contributed by atoms with van der Waals surface area (Å²) in [5, 5.41) is 0. The van der Waals surface area contributed by atoms with Gasteiger partial charge < -0.3 is 24.0 Å². The highest BCUT2D eigenvalue weighted by Gasteiger charge is 2.27. The molecule has 0 unspecified atom stereocenters. The van der Waals surface area contributed by atoms with E-state index in [0.29, 0.717) is 31.8 Å². The molecule has 0 saturated carbocycles. The number of carbonyl (C=O) groups is 3. The van der Waals surface area contributed by atoms with Crippen molar-refractivity contribution in [3.05, 3.63) is 60.2 Å². The Morgan fingerprint density at radius 2 is 1.41 bits per heavy atom. The monoisotopic (exact) mass is 513 g/mol. The molecule has 2 aliphatic rings. The molecule has 2 aliphatic heterocycles. The Bertz CT molecular complexity index is 997. The maximum absolute atomic E-state index is 12.1. The molecular formula is C28H39N3O6. The smallest absolute Gasteiger partial charge is 0.414 e. The van der Waals surface area contributed by atoms with Crippen LogP contribution in [0.25, 0.3) is 0 Å². The van der Waals surface area contributed by atoms with Crippen LogP contribution in [0.2, 0.25) is 0 Å². The minimum absolute atomic E-state index is 0.255. The van der Waals surface area contributed by atoms with Crippen molar-refractivity contribution in [2.45, 2.75) is 40.2 Å². The number of amides is 2. The lowest BCUT2D eigenvalue weighted by atomic mass is 10.2. The van der Waals surface area contributed by atoms with Crippen LogP contribution in [0.1, 0.15) is 45.0 Å². The average molecular weight is 514 g/mol. The van der Waals surface area contributed by atoms with Crippen LogP contribution in [0, 0.1) is 0 Å². The van der Waals surface area contributed by atoms with Gasteiger partial charge in [-0.05, 0) is 57.2 Å². The fourth-order valence-electron chi connectivity index (χ4n) is 3.64. The quantitative estimate of drug-likeness (QED) is 0.412. The van der Waals surface area contributed by atoms with Crippen molar-refractivity contribution < 1.29 is 28.6 Å². The van der Waals surface area contributed by atoms with Crippen LogP contribution in [-0.2, 0) is 14.2 Å². The van der Waals surface area contributed by atoms with E-state index in [2.05, 4.69) is 9.64 Å². The number of anilines is 2. The van der Waals surface area contributed by atoms with Gasteiger partial charge in [0, 0.05) is 37.6 Å². The zero-order valence-corrected chi connectivity index (χ0v) is 22.7. The third-order valence-corrected chi connectivity index (χ3v) is 5.41. The Kier molecular flexibility index (Phi) is 11.2. The number of carbonyl (C=O) groups excluding carboxylic acids is 3. The van der Waals surface area contributed by atoms with Crippen molar-refractivity contribution in [1.29, 1.82) is 0 Å². The topological polar surface area (TPSA) is 88.6 Å². The first-order valence-electron chi connectivity index (χ1n) is 12.6. The molecule has 0 aliphatic carbocycles. The molecule has 2 aromatic carbocycles. The highest BCUT2D eigenvalue weighted by Crippen LogP contribution is 2.24.